The lowest BCUT2D eigenvalue weighted by molar-refractivity contribution is 0.0526. The van der Waals surface area contributed by atoms with Crippen molar-refractivity contribution in [2.24, 2.45) is 5.92 Å². The molecule has 0 unspecified atom stereocenters. The van der Waals surface area contributed by atoms with Gasteiger partial charge in [0.25, 0.3) is 0 Å². The first-order chi connectivity index (χ1) is 8.61. The van der Waals surface area contributed by atoms with Crippen LogP contribution in [0.1, 0.15) is 30.1 Å². The fourth-order valence-corrected chi connectivity index (χ4v) is 2.03. The molecular weight excluding hydrogens is 228 g/mol. The molecule has 1 fully saturated rings. The van der Waals surface area contributed by atoms with E-state index in [1.807, 2.05) is 13.1 Å². The van der Waals surface area contributed by atoms with Gasteiger partial charge in [-0.1, -0.05) is 0 Å². The van der Waals surface area contributed by atoms with Gasteiger partial charge in [-0.25, -0.2) is 4.79 Å². The van der Waals surface area contributed by atoms with Gasteiger partial charge < -0.3 is 15.4 Å². The minimum atomic E-state index is -0.319. The number of carbonyl (C=O) groups excluding carboxylic acids is 1. The Labute approximate surface area is 108 Å². The van der Waals surface area contributed by atoms with Gasteiger partial charge in [-0.05, 0) is 43.9 Å². The van der Waals surface area contributed by atoms with E-state index in [0.29, 0.717) is 17.9 Å². The standard InChI is InChI=1S/C14H20N2O2/c1-3-18-14(17)11-6-7-13(12(15)8-11)16(2)9-10-4-5-10/h6-8,10H,3-5,9,15H2,1-2H3. The Morgan fingerprint density at radius 1 is 1.50 bits per heavy atom. The van der Waals surface area contributed by atoms with Gasteiger partial charge in [0, 0.05) is 13.6 Å². The summed E-state index contributed by atoms with van der Waals surface area (Å²) in [4.78, 5) is 13.7. The summed E-state index contributed by atoms with van der Waals surface area (Å²) in [6.07, 6.45) is 2.62. The van der Waals surface area contributed by atoms with Crippen molar-refractivity contribution in [2.45, 2.75) is 19.8 Å². The van der Waals surface area contributed by atoms with Gasteiger partial charge in [-0.2, -0.15) is 0 Å². The van der Waals surface area contributed by atoms with E-state index in [9.17, 15) is 4.79 Å². The van der Waals surface area contributed by atoms with Gasteiger partial charge in [0.05, 0.1) is 23.5 Å². The quantitative estimate of drug-likeness (QED) is 0.641. The van der Waals surface area contributed by atoms with Crippen LogP contribution in [0.15, 0.2) is 18.2 Å². The lowest BCUT2D eigenvalue weighted by Gasteiger charge is -2.21. The molecule has 18 heavy (non-hydrogen) atoms. The number of carbonyl (C=O) groups is 1. The fourth-order valence-electron chi connectivity index (χ4n) is 2.03. The minimum Gasteiger partial charge on any atom is -0.462 e. The van der Waals surface area contributed by atoms with E-state index in [1.54, 1.807) is 19.1 Å². The summed E-state index contributed by atoms with van der Waals surface area (Å²) in [5.41, 5.74) is 8.12. The van der Waals surface area contributed by atoms with Crippen LogP contribution in [0.25, 0.3) is 0 Å². The Balaban J connectivity index is 2.10. The Morgan fingerprint density at radius 3 is 2.78 bits per heavy atom. The fraction of sp³-hybridized carbons (Fsp3) is 0.500. The lowest BCUT2D eigenvalue weighted by atomic mass is 10.1. The second-order valence-corrected chi connectivity index (χ2v) is 4.82. The highest BCUT2D eigenvalue weighted by Crippen LogP contribution is 2.32. The molecule has 1 aliphatic rings. The number of hydrogen-bond acceptors (Lipinski definition) is 4. The van der Waals surface area contributed by atoms with Crippen molar-refractivity contribution in [3.05, 3.63) is 23.8 Å². The molecule has 4 heteroatoms. The van der Waals surface area contributed by atoms with E-state index in [0.717, 1.165) is 18.2 Å². The monoisotopic (exact) mass is 248 g/mol. The Morgan fingerprint density at radius 2 is 2.22 bits per heavy atom. The van der Waals surface area contributed by atoms with Crippen LogP contribution >= 0.6 is 0 Å². The van der Waals surface area contributed by atoms with E-state index in [4.69, 9.17) is 10.5 Å². The number of nitrogens with two attached hydrogens (primary N) is 1. The highest BCUT2D eigenvalue weighted by atomic mass is 16.5. The first-order valence-electron chi connectivity index (χ1n) is 6.39. The van der Waals surface area contributed by atoms with E-state index >= 15 is 0 Å². The third-order valence-electron chi connectivity index (χ3n) is 3.18. The summed E-state index contributed by atoms with van der Waals surface area (Å²) in [6.45, 7) is 3.20. The van der Waals surface area contributed by atoms with E-state index in [-0.39, 0.29) is 5.97 Å². The van der Waals surface area contributed by atoms with E-state index in [2.05, 4.69) is 4.90 Å². The minimum absolute atomic E-state index is 0.319. The number of nitrogen functional groups attached to an aromatic ring is 1. The highest BCUT2D eigenvalue weighted by Gasteiger charge is 2.23. The molecule has 2 rings (SSSR count). The van der Waals surface area contributed by atoms with Gasteiger partial charge in [-0.15, -0.1) is 0 Å². The molecule has 0 aliphatic heterocycles. The number of ether oxygens (including phenoxy) is 1. The molecule has 1 saturated carbocycles. The number of nitrogens with zero attached hydrogens (tertiary/aromatic N) is 1. The maximum absolute atomic E-state index is 11.6. The van der Waals surface area contributed by atoms with Crippen LogP contribution < -0.4 is 10.6 Å². The van der Waals surface area contributed by atoms with E-state index in [1.165, 1.54) is 12.8 Å². The largest absolute Gasteiger partial charge is 0.462 e. The molecule has 0 bridgehead atoms. The molecule has 2 N–H and O–H groups in total. The maximum atomic E-state index is 11.6. The van der Waals surface area contributed by atoms with Crippen molar-refractivity contribution >= 4 is 17.3 Å². The van der Waals surface area contributed by atoms with Crippen LogP contribution in [0, 0.1) is 5.92 Å². The summed E-state index contributed by atoms with van der Waals surface area (Å²) < 4.78 is 4.95. The normalized spacial score (nSPS) is 14.3. The third kappa shape index (κ3) is 2.94. The van der Waals surface area contributed by atoms with Crippen LogP contribution in [-0.2, 0) is 4.74 Å². The number of esters is 1. The second-order valence-electron chi connectivity index (χ2n) is 4.82. The van der Waals surface area contributed by atoms with Gasteiger partial charge in [-0.3, -0.25) is 0 Å². The number of benzene rings is 1. The maximum Gasteiger partial charge on any atom is 0.338 e. The van der Waals surface area contributed by atoms with Gasteiger partial charge >= 0.3 is 5.97 Å². The highest BCUT2D eigenvalue weighted by molar-refractivity contribution is 5.92. The van der Waals surface area contributed by atoms with Crippen molar-refractivity contribution in [3.63, 3.8) is 0 Å². The molecule has 0 atom stereocenters. The second kappa shape index (κ2) is 5.29. The van der Waals surface area contributed by atoms with Crippen LogP contribution in [-0.4, -0.2) is 26.2 Å². The van der Waals surface area contributed by atoms with Gasteiger partial charge in [0.1, 0.15) is 0 Å². The van der Waals surface area contributed by atoms with Crippen LogP contribution in [0.2, 0.25) is 0 Å². The average molecular weight is 248 g/mol. The smallest absolute Gasteiger partial charge is 0.338 e. The summed E-state index contributed by atoms with van der Waals surface area (Å²) >= 11 is 0. The number of rotatable bonds is 5. The number of anilines is 2. The average Bonchev–Trinajstić information content (AvgIpc) is 3.12. The first-order valence-corrected chi connectivity index (χ1v) is 6.39. The Hall–Kier alpha value is -1.71. The molecule has 0 heterocycles. The summed E-state index contributed by atoms with van der Waals surface area (Å²) in [5, 5.41) is 0. The van der Waals surface area contributed by atoms with E-state index < -0.39 is 0 Å². The van der Waals surface area contributed by atoms with Gasteiger partial charge in [0.15, 0.2) is 0 Å². The summed E-state index contributed by atoms with van der Waals surface area (Å²) in [6, 6.07) is 5.35. The van der Waals surface area contributed by atoms with Crippen LogP contribution in [0.5, 0.6) is 0 Å². The zero-order valence-electron chi connectivity index (χ0n) is 11.0. The molecule has 98 valence electrons. The molecule has 4 nitrogen and oxygen atoms in total. The summed E-state index contributed by atoms with van der Waals surface area (Å²) in [7, 11) is 2.04. The molecule has 0 aromatic heterocycles. The zero-order chi connectivity index (χ0) is 13.1. The van der Waals surface area contributed by atoms with Crippen LogP contribution in [0.4, 0.5) is 11.4 Å². The molecular formula is C14H20N2O2. The van der Waals surface area contributed by atoms with Crippen molar-refractivity contribution in [2.75, 3.05) is 30.8 Å². The molecule has 1 aromatic rings. The SMILES string of the molecule is CCOC(=O)c1ccc(N(C)CC2CC2)c(N)c1. The van der Waals surface area contributed by atoms with Crippen molar-refractivity contribution in [1.82, 2.24) is 0 Å². The molecule has 0 amide bonds. The molecule has 0 spiro atoms. The van der Waals surface area contributed by atoms with Crippen molar-refractivity contribution in [3.8, 4) is 0 Å². The Bertz CT molecular complexity index is 441. The first kappa shape index (κ1) is 12.7. The molecule has 1 aromatic carbocycles. The lowest BCUT2D eigenvalue weighted by Crippen LogP contribution is -2.21. The van der Waals surface area contributed by atoms with Crippen molar-refractivity contribution in [1.29, 1.82) is 0 Å². The summed E-state index contributed by atoms with van der Waals surface area (Å²) in [5.74, 6) is 0.486. The zero-order valence-corrected chi connectivity index (χ0v) is 11.0. The molecule has 1 aliphatic carbocycles. The topological polar surface area (TPSA) is 55.6 Å². The number of hydrogen-bond donors (Lipinski definition) is 1. The predicted octanol–water partition coefficient (Wildman–Crippen LogP) is 2.29. The Kier molecular flexibility index (Phi) is 3.75. The van der Waals surface area contributed by atoms with Crippen LogP contribution in [0.3, 0.4) is 0 Å². The molecule has 0 radical (unpaired) electrons. The molecule has 0 saturated heterocycles. The predicted molar refractivity (Wildman–Crippen MR) is 72.8 cm³/mol. The van der Waals surface area contributed by atoms with Gasteiger partial charge in [0.2, 0.25) is 0 Å². The van der Waals surface area contributed by atoms with Crippen molar-refractivity contribution < 1.29 is 9.53 Å². The third-order valence-corrected chi connectivity index (χ3v) is 3.18.